The van der Waals surface area contributed by atoms with Crippen LogP contribution in [0.3, 0.4) is 0 Å². The molecule has 0 heterocycles. The topological polar surface area (TPSA) is 80.3 Å². The van der Waals surface area contributed by atoms with Gasteiger partial charge in [-0.2, -0.15) is 12.6 Å². The van der Waals surface area contributed by atoms with Gasteiger partial charge in [-0.25, -0.2) is 0 Å². The van der Waals surface area contributed by atoms with Gasteiger partial charge in [0.2, 0.25) is 0 Å². The van der Waals surface area contributed by atoms with Crippen LogP contribution in [-0.4, -0.2) is 60.9 Å². The molecule has 0 aromatic heterocycles. The Morgan fingerprint density at radius 1 is 1.00 bits per heavy atom. The summed E-state index contributed by atoms with van der Waals surface area (Å²) in [6, 6.07) is 0. The van der Waals surface area contributed by atoms with Crippen LogP contribution < -0.4 is 10.2 Å². The Kier molecular flexibility index (Phi) is 31.3. The zero-order valence-corrected chi connectivity index (χ0v) is 21.3. The standard InChI is InChI=1S/C4H6O4S.3C4H9.2Sn/c5-3(6)1-2(9)4(7)8;3*1-3-4-2;;/h2,9H,1H2,(H,5,6)(H,7,8);3*1,3-4H2,2H3;;/q;;;;+2;+3/p-2. The molecule has 0 rings (SSSR count). The van der Waals surface area contributed by atoms with Crippen LogP contribution in [0.1, 0.15) is 65.7 Å². The quantitative estimate of drug-likeness (QED) is 0.239. The van der Waals surface area contributed by atoms with Gasteiger partial charge in [-0.15, -0.1) is 0 Å². The molecule has 0 N–H and O–H groups in total. The van der Waals surface area contributed by atoms with Crippen molar-refractivity contribution in [2.45, 2.75) is 84.3 Å². The minimum atomic E-state index is -1.50. The maximum Gasteiger partial charge on any atom is 0.0545 e. The molecule has 0 radical (unpaired) electrons. The van der Waals surface area contributed by atoms with E-state index in [2.05, 4.69) is 33.4 Å². The molecular formula is C16H31O4SSn2+3. The monoisotopic (exact) mass is 559 g/mol. The normalized spacial score (nSPS) is 10.3. The van der Waals surface area contributed by atoms with Crippen molar-refractivity contribution in [3.05, 3.63) is 0 Å². The van der Waals surface area contributed by atoms with E-state index < -0.39 is 23.6 Å². The van der Waals surface area contributed by atoms with E-state index in [0.717, 1.165) is 0 Å². The number of aliphatic carboxylic acids is 2. The molecule has 0 aliphatic carbocycles. The second-order valence-corrected chi connectivity index (χ2v) is 11.3. The van der Waals surface area contributed by atoms with Gasteiger partial charge in [0.1, 0.15) is 0 Å². The largest absolute Gasteiger partial charge is 0.550 e. The van der Waals surface area contributed by atoms with Gasteiger partial charge in [-0.05, 0) is 0 Å². The van der Waals surface area contributed by atoms with Crippen molar-refractivity contribution in [1.82, 2.24) is 0 Å². The van der Waals surface area contributed by atoms with Gasteiger partial charge < -0.3 is 19.8 Å². The van der Waals surface area contributed by atoms with E-state index in [9.17, 15) is 19.8 Å². The first-order valence-corrected chi connectivity index (χ1v) is 14.9. The third-order valence-electron chi connectivity index (χ3n) is 2.58. The van der Waals surface area contributed by atoms with Gasteiger partial charge >= 0.3 is 116 Å². The first-order chi connectivity index (χ1) is 10.9. The van der Waals surface area contributed by atoms with E-state index in [1.165, 1.54) is 43.0 Å². The number of unbranched alkanes of at least 4 members (excludes halogenated alkanes) is 3. The van der Waals surface area contributed by atoms with Crippen molar-refractivity contribution in [2.24, 2.45) is 0 Å². The van der Waals surface area contributed by atoms with Crippen LogP contribution in [0.25, 0.3) is 0 Å². The maximum atomic E-state index is 9.76. The third-order valence-corrected chi connectivity index (χ3v) is 8.02. The Morgan fingerprint density at radius 2 is 1.43 bits per heavy atom. The van der Waals surface area contributed by atoms with E-state index >= 15 is 0 Å². The molecule has 0 aromatic carbocycles. The summed E-state index contributed by atoms with van der Waals surface area (Å²) in [6.45, 7) is 6.81. The fraction of sp³-hybridized carbons (Fsp3) is 0.875. The molecular weight excluding hydrogens is 526 g/mol. The molecule has 1 atom stereocenters. The van der Waals surface area contributed by atoms with E-state index in [0.29, 0.717) is 0 Å². The minimum Gasteiger partial charge on any atom is -0.550 e. The predicted molar refractivity (Wildman–Crippen MR) is 98.1 cm³/mol. The Hall–Kier alpha value is 0.887. The fourth-order valence-electron chi connectivity index (χ4n) is 1.15. The summed E-state index contributed by atoms with van der Waals surface area (Å²) in [4.78, 5) is 19.4. The molecule has 130 valence electrons. The van der Waals surface area contributed by atoms with Crippen molar-refractivity contribution in [1.29, 1.82) is 0 Å². The average Bonchev–Trinajstić information content (AvgIpc) is 2.48. The zero-order chi connectivity index (χ0) is 18.5. The SMILES string of the molecule is CCC[CH2][Sn+2][CH2]CCC.CCC[CH2][Sn+3].O=C([O-])CC(S)C(=O)[O-]. The van der Waals surface area contributed by atoms with Gasteiger partial charge in [-0.3, -0.25) is 0 Å². The molecule has 23 heavy (non-hydrogen) atoms. The minimum absolute atomic E-state index is 0.149. The van der Waals surface area contributed by atoms with E-state index in [1.807, 2.05) is 0 Å². The summed E-state index contributed by atoms with van der Waals surface area (Å²) in [6.07, 6.45) is 8.01. The van der Waals surface area contributed by atoms with E-state index in [-0.39, 0.29) is 21.1 Å². The molecule has 0 spiro atoms. The Balaban J connectivity index is -0.000000273. The van der Waals surface area contributed by atoms with Crippen LogP contribution in [0.15, 0.2) is 0 Å². The van der Waals surface area contributed by atoms with Gasteiger partial charge in [0, 0.05) is 17.6 Å². The molecule has 0 aliphatic heterocycles. The molecule has 0 bridgehead atoms. The molecule has 0 fully saturated rings. The first-order valence-electron chi connectivity index (χ1n) is 8.31. The number of carboxylic acid groups (broad SMARTS) is 2. The van der Waals surface area contributed by atoms with Gasteiger partial charge in [0.25, 0.3) is 0 Å². The number of carbonyl (C=O) groups excluding carboxylic acids is 2. The van der Waals surface area contributed by atoms with Gasteiger partial charge in [0.15, 0.2) is 0 Å². The number of rotatable bonds is 11. The van der Waals surface area contributed by atoms with Crippen molar-refractivity contribution in [3.8, 4) is 0 Å². The number of hydrogen-bond acceptors (Lipinski definition) is 5. The summed E-state index contributed by atoms with van der Waals surface area (Å²) in [5.41, 5.74) is 0. The van der Waals surface area contributed by atoms with Crippen molar-refractivity contribution in [2.75, 3.05) is 0 Å². The molecule has 0 saturated heterocycles. The summed E-state index contributed by atoms with van der Waals surface area (Å²) in [7, 11) is 0. The summed E-state index contributed by atoms with van der Waals surface area (Å²) in [5.74, 6) is -2.94. The summed E-state index contributed by atoms with van der Waals surface area (Å²) < 4.78 is 4.68. The van der Waals surface area contributed by atoms with Crippen molar-refractivity contribution in [3.63, 3.8) is 0 Å². The number of thiol groups is 1. The first kappa shape index (κ1) is 28.7. The Bertz CT molecular complexity index is 258. The van der Waals surface area contributed by atoms with Gasteiger partial charge in [0.05, 0.1) is 5.97 Å². The number of carboxylic acids is 2. The Labute approximate surface area is 171 Å². The van der Waals surface area contributed by atoms with Crippen LogP contribution in [0, 0.1) is 0 Å². The molecule has 4 nitrogen and oxygen atoms in total. The maximum absolute atomic E-state index is 9.76. The predicted octanol–water partition coefficient (Wildman–Crippen LogP) is 1.68. The van der Waals surface area contributed by atoms with E-state index in [1.54, 1.807) is 31.4 Å². The molecule has 0 saturated carbocycles. The molecule has 7 heteroatoms. The second kappa shape index (κ2) is 25.1. The zero-order valence-electron chi connectivity index (χ0n) is 14.7. The fourth-order valence-corrected chi connectivity index (χ4v) is 6.46. The van der Waals surface area contributed by atoms with E-state index in [4.69, 9.17) is 0 Å². The molecule has 0 aromatic rings. The Morgan fingerprint density at radius 3 is 1.61 bits per heavy atom. The van der Waals surface area contributed by atoms with Crippen LogP contribution >= 0.6 is 12.6 Å². The van der Waals surface area contributed by atoms with Crippen LogP contribution in [-0.2, 0) is 9.59 Å². The second-order valence-electron chi connectivity index (χ2n) is 4.97. The molecule has 0 aliphatic rings. The van der Waals surface area contributed by atoms with Crippen LogP contribution in [0.2, 0.25) is 13.3 Å². The third kappa shape index (κ3) is 35.0. The molecule has 1 unspecified atom stereocenters. The smallest absolute Gasteiger partial charge is 0.0545 e. The van der Waals surface area contributed by atoms with Crippen molar-refractivity contribution >= 4 is 68.2 Å². The van der Waals surface area contributed by atoms with Crippen LogP contribution in [0.4, 0.5) is 0 Å². The van der Waals surface area contributed by atoms with Crippen LogP contribution in [0.5, 0.6) is 0 Å². The van der Waals surface area contributed by atoms with Crippen molar-refractivity contribution < 1.29 is 19.8 Å². The number of carbonyl (C=O) groups is 2. The molecule has 0 amide bonds. The summed E-state index contributed by atoms with van der Waals surface area (Å²) >= 11 is 5.22. The van der Waals surface area contributed by atoms with Gasteiger partial charge in [-0.1, -0.05) is 0 Å². The number of hydrogen-bond donors (Lipinski definition) is 1. The summed E-state index contributed by atoms with van der Waals surface area (Å²) in [5, 5.41) is 18.2. The average molecular weight is 557 g/mol.